The van der Waals surface area contributed by atoms with Crippen LogP contribution < -0.4 is 5.32 Å². The molecule has 0 bridgehead atoms. The number of hydrogen-bond donors (Lipinski definition) is 1. The Kier molecular flexibility index (Phi) is 5.17. The first-order valence-electron chi connectivity index (χ1n) is 6.67. The Morgan fingerprint density at radius 2 is 1.95 bits per heavy atom. The summed E-state index contributed by atoms with van der Waals surface area (Å²) in [6.45, 7) is 0.768. The third-order valence-electron chi connectivity index (χ3n) is 3.89. The lowest BCUT2D eigenvalue weighted by Crippen LogP contribution is -2.38. The van der Waals surface area contributed by atoms with E-state index in [4.69, 9.17) is 11.6 Å². The van der Waals surface area contributed by atoms with Gasteiger partial charge in [-0.15, -0.1) is 11.6 Å². The molecule has 19 heavy (non-hydrogen) atoms. The topological polar surface area (TPSA) is 29.1 Å². The van der Waals surface area contributed by atoms with E-state index in [2.05, 4.69) is 11.6 Å². The van der Waals surface area contributed by atoms with Crippen LogP contribution >= 0.6 is 23.4 Å². The van der Waals surface area contributed by atoms with Crippen molar-refractivity contribution in [1.29, 1.82) is 0 Å². The zero-order valence-corrected chi connectivity index (χ0v) is 12.8. The number of thioether (sulfide) groups is 1. The van der Waals surface area contributed by atoms with Crippen LogP contribution in [0.25, 0.3) is 0 Å². The van der Waals surface area contributed by atoms with Gasteiger partial charge in [0.25, 0.3) is 5.91 Å². The first-order chi connectivity index (χ1) is 9.19. The first-order valence-corrected chi connectivity index (χ1v) is 8.43. The van der Waals surface area contributed by atoms with Crippen molar-refractivity contribution in [3.63, 3.8) is 0 Å². The number of carbonyl (C=O) groups is 1. The number of hydrogen-bond acceptors (Lipinski definition) is 2. The first kappa shape index (κ1) is 14.7. The van der Waals surface area contributed by atoms with E-state index >= 15 is 0 Å². The average Bonchev–Trinajstić information content (AvgIpc) is 2.94. The van der Waals surface area contributed by atoms with E-state index in [1.165, 1.54) is 25.7 Å². The molecule has 1 aliphatic carbocycles. The molecule has 0 aromatic heterocycles. The highest BCUT2D eigenvalue weighted by Gasteiger charge is 2.33. The molecule has 0 aliphatic heterocycles. The van der Waals surface area contributed by atoms with Gasteiger partial charge in [-0.2, -0.15) is 11.8 Å². The number of halogens is 1. The number of nitrogens with one attached hydrogen (secondary N) is 1. The quantitative estimate of drug-likeness (QED) is 0.837. The molecule has 2 rings (SSSR count). The minimum absolute atomic E-state index is 0.0152. The summed E-state index contributed by atoms with van der Waals surface area (Å²) >= 11 is 7.63. The predicted octanol–water partition coefficient (Wildman–Crippen LogP) is 3.83. The minimum Gasteiger partial charge on any atom is -0.351 e. The maximum atomic E-state index is 12.1. The number of rotatable bonds is 5. The molecule has 0 unspecified atom stereocenters. The molecule has 1 aromatic carbocycles. The average molecular weight is 298 g/mol. The summed E-state index contributed by atoms with van der Waals surface area (Å²) in [6.07, 6.45) is 7.12. The molecule has 1 N–H and O–H groups in total. The third-order valence-corrected chi connectivity index (χ3v) is 5.62. The normalized spacial score (nSPS) is 17.4. The molecule has 2 nitrogen and oxygen atoms in total. The second-order valence-corrected chi connectivity index (χ2v) is 6.65. The third kappa shape index (κ3) is 3.67. The van der Waals surface area contributed by atoms with E-state index < -0.39 is 0 Å². The molecule has 1 fully saturated rings. The molecule has 4 heteroatoms. The maximum Gasteiger partial charge on any atom is 0.251 e. The molecule has 1 amide bonds. The van der Waals surface area contributed by atoms with Gasteiger partial charge in [0.1, 0.15) is 0 Å². The number of carbonyl (C=O) groups excluding carboxylic acids is 1. The molecule has 104 valence electrons. The van der Waals surface area contributed by atoms with Crippen molar-refractivity contribution in [2.24, 2.45) is 0 Å². The van der Waals surface area contributed by atoms with Gasteiger partial charge in [0, 0.05) is 22.7 Å². The summed E-state index contributed by atoms with van der Waals surface area (Å²) in [4.78, 5) is 12.1. The summed E-state index contributed by atoms with van der Waals surface area (Å²) < 4.78 is 0.256. The van der Waals surface area contributed by atoms with Gasteiger partial charge in [-0.1, -0.05) is 25.0 Å². The van der Waals surface area contributed by atoms with Crippen LogP contribution in [0.1, 0.15) is 41.6 Å². The van der Waals surface area contributed by atoms with Crippen LogP contribution in [-0.2, 0) is 5.88 Å². The van der Waals surface area contributed by atoms with Crippen LogP contribution in [0.15, 0.2) is 24.3 Å². The van der Waals surface area contributed by atoms with Gasteiger partial charge >= 0.3 is 0 Å². The lowest BCUT2D eigenvalue weighted by molar-refractivity contribution is 0.0949. The zero-order valence-electron chi connectivity index (χ0n) is 11.2. The monoisotopic (exact) mass is 297 g/mol. The Morgan fingerprint density at radius 1 is 1.32 bits per heavy atom. The predicted molar refractivity (Wildman–Crippen MR) is 83.0 cm³/mol. The molecule has 1 aromatic rings. The number of benzene rings is 1. The summed E-state index contributed by atoms with van der Waals surface area (Å²) in [5.74, 6) is 0.499. The van der Waals surface area contributed by atoms with Crippen molar-refractivity contribution in [2.75, 3.05) is 12.8 Å². The fourth-order valence-electron chi connectivity index (χ4n) is 2.56. The molecule has 0 spiro atoms. The van der Waals surface area contributed by atoms with Gasteiger partial charge in [0.15, 0.2) is 0 Å². The van der Waals surface area contributed by atoms with Crippen molar-refractivity contribution in [3.05, 3.63) is 35.4 Å². The van der Waals surface area contributed by atoms with Crippen LogP contribution in [0, 0.1) is 0 Å². The largest absolute Gasteiger partial charge is 0.351 e. The van der Waals surface area contributed by atoms with Gasteiger partial charge in [-0.05, 0) is 36.8 Å². The Balaban J connectivity index is 1.93. The van der Waals surface area contributed by atoms with Crippen molar-refractivity contribution >= 4 is 29.3 Å². The zero-order chi connectivity index (χ0) is 13.7. The van der Waals surface area contributed by atoms with Gasteiger partial charge < -0.3 is 5.32 Å². The molecule has 0 saturated heterocycles. The highest BCUT2D eigenvalue weighted by atomic mass is 35.5. The molecule has 1 aliphatic rings. The van der Waals surface area contributed by atoms with Gasteiger partial charge in [-0.3, -0.25) is 4.79 Å². The highest BCUT2D eigenvalue weighted by molar-refractivity contribution is 8.00. The van der Waals surface area contributed by atoms with Crippen LogP contribution in [0.5, 0.6) is 0 Å². The van der Waals surface area contributed by atoms with E-state index in [0.717, 1.165) is 12.1 Å². The minimum atomic E-state index is 0.0152. The van der Waals surface area contributed by atoms with Gasteiger partial charge in [-0.25, -0.2) is 0 Å². The summed E-state index contributed by atoms with van der Waals surface area (Å²) in [5, 5.41) is 3.08. The van der Waals surface area contributed by atoms with E-state index in [1.807, 2.05) is 36.0 Å². The van der Waals surface area contributed by atoms with Crippen molar-refractivity contribution in [1.82, 2.24) is 5.32 Å². The van der Waals surface area contributed by atoms with Crippen LogP contribution in [0.2, 0.25) is 0 Å². The SMILES string of the molecule is CSC1(CNC(=O)c2ccc(CCl)cc2)CCCC1. The second kappa shape index (κ2) is 6.67. The number of amides is 1. The maximum absolute atomic E-state index is 12.1. The summed E-state index contributed by atoms with van der Waals surface area (Å²) in [7, 11) is 0. The highest BCUT2D eigenvalue weighted by Crippen LogP contribution is 2.39. The van der Waals surface area contributed by atoms with Crippen LogP contribution in [-0.4, -0.2) is 23.5 Å². The molecule has 0 heterocycles. The van der Waals surface area contributed by atoms with E-state index in [-0.39, 0.29) is 10.7 Å². The summed E-state index contributed by atoms with van der Waals surface area (Å²) in [6, 6.07) is 7.49. The van der Waals surface area contributed by atoms with Crippen LogP contribution in [0.3, 0.4) is 0 Å². The Hall–Kier alpha value is -0.670. The standard InChI is InChI=1S/C15H20ClNOS/c1-19-15(8-2-3-9-15)11-17-14(18)13-6-4-12(10-16)5-7-13/h4-7H,2-3,8-11H2,1H3,(H,17,18). The van der Waals surface area contributed by atoms with E-state index in [0.29, 0.717) is 11.4 Å². The van der Waals surface area contributed by atoms with Crippen molar-refractivity contribution < 1.29 is 4.79 Å². The van der Waals surface area contributed by atoms with Crippen LogP contribution in [0.4, 0.5) is 0 Å². The van der Waals surface area contributed by atoms with Gasteiger partial charge in [0.2, 0.25) is 0 Å². The smallest absolute Gasteiger partial charge is 0.251 e. The lowest BCUT2D eigenvalue weighted by Gasteiger charge is -2.26. The Bertz CT molecular complexity index is 426. The van der Waals surface area contributed by atoms with Gasteiger partial charge in [0.05, 0.1) is 0 Å². The molecule has 0 radical (unpaired) electrons. The molecular weight excluding hydrogens is 278 g/mol. The number of alkyl halides is 1. The Morgan fingerprint density at radius 3 is 2.47 bits per heavy atom. The molecule has 0 atom stereocenters. The second-order valence-electron chi connectivity index (χ2n) is 5.11. The molecule has 1 saturated carbocycles. The van der Waals surface area contributed by atoms with Crippen molar-refractivity contribution in [2.45, 2.75) is 36.3 Å². The fourth-order valence-corrected chi connectivity index (χ4v) is 3.65. The summed E-state index contributed by atoms with van der Waals surface area (Å²) in [5.41, 5.74) is 1.75. The van der Waals surface area contributed by atoms with E-state index in [1.54, 1.807) is 0 Å². The lowest BCUT2D eigenvalue weighted by atomic mass is 10.1. The Labute approximate surface area is 124 Å². The molecular formula is C15H20ClNOS. The van der Waals surface area contributed by atoms with E-state index in [9.17, 15) is 4.79 Å². The fraction of sp³-hybridized carbons (Fsp3) is 0.533. The van der Waals surface area contributed by atoms with Crippen molar-refractivity contribution in [3.8, 4) is 0 Å².